The Bertz CT molecular complexity index is 1340. The summed E-state index contributed by atoms with van der Waals surface area (Å²) < 4.78 is 10.6. The molecule has 0 aliphatic carbocycles. The van der Waals surface area contributed by atoms with E-state index in [2.05, 4.69) is 10.8 Å². The van der Waals surface area contributed by atoms with Gasteiger partial charge in [-0.15, -0.1) is 0 Å². The lowest BCUT2D eigenvalue weighted by atomic mass is 10.0. The first-order valence-corrected chi connectivity index (χ1v) is 10.8. The minimum atomic E-state index is -0.677. The van der Waals surface area contributed by atoms with Crippen molar-refractivity contribution in [3.63, 3.8) is 0 Å². The number of nitriles is 1. The van der Waals surface area contributed by atoms with Crippen molar-refractivity contribution in [1.82, 2.24) is 4.90 Å². The molecule has 1 aliphatic rings. The molecular weight excluding hydrogens is 440 g/mol. The van der Waals surface area contributed by atoms with E-state index in [0.29, 0.717) is 16.9 Å². The van der Waals surface area contributed by atoms with Gasteiger partial charge in [0.15, 0.2) is 0 Å². The summed E-state index contributed by atoms with van der Waals surface area (Å²) in [6.45, 7) is -0.283. The van der Waals surface area contributed by atoms with Gasteiger partial charge in [0.05, 0.1) is 23.6 Å². The Morgan fingerprint density at radius 2 is 1.85 bits per heavy atom. The predicted molar refractivity (Wildman–Crippen MR) is 124 cm³/mol. The summed E-state index contributed by atoms with van der Waals surface area (Å²) in [6, 6.07) is 20.6. The van der Waals surface area contributed by atoms with Crippen LogP contribution in [0.4, 0.5) is 4.79 Å². The lowest BCUT2D eigenvalue weighted by Crippen LogP contribution is -2.34. The molecule has 1 aliphatic heterocycles. The molecule has 1 heterocycles. The molecule has 3 aromatic carbocycles. The molecule has 0 atom stereocenters. The number of hydrogen-bond acceptors (Lipinski definition) is 7. The average Bonchev–Trinajstić information content (AvgIpc) is 3.10. The predicted octanol–water partition coefficient (Wildman–Crippen LogP) is 4.50. The highest BCUT2D eigenvalue weighted by Crippen LogP contribution is 2.37. The van der Waals surface area contributed by atoms with Gasteiger partial charge in [-0.1, -0.05) is 48.5 Å². The molecule has 2 amide bonds. The maximum absolute atomic E-state index is 12.8. The molecule has 0 N–H and O–H groups in total. The third kappa shape index (κ3) is 4.59. The summed E-state index contributed by atoms with van der Waals surface area (Å²) in [5, 5.41) is 10.6. The van der Waals surface area contributed by atoms with E-state index >= 15 is 0 Å². The summed E-state index contributed by atoms with van der Waals surface area (Å²) >= 11 is 0.759. The molecule has 3 aromatic rings. The van der Waals surface area contributed by atoms with Crippen molar-refractivity contribution >= 4 is 45.7 Å². The van der Waals surface area contributed by atoms with E-state index in [4.69, 9.17) is 4.74 Å². The third-order valence-electron chi connectivity index (χ3n) is 5.12. The second-order valence-electron chi connectivity index (χ2n) is 7.10. The number of rotatable bonds is 6. The first-order chi connectivity index (χ1) is 16.0. The number of carbonyl (C=O) groups excluding carboxylic acids is 3. The molecular formula is C25H18N2O5S. The summed E-state index contributed by atoms with van der Waals surface area (Å²) in [6.07, 6.45) is 1.61. The van der Waals surface area contributed by atoms with Crippen molar-refractivity contribution in [1.29, 1.82) is 5.26 Å². The minimum absolute atomic E-state index is 0.159. The molecule has 0 saturated carbocycles. The van der Waals surface area contributed by atoms with Gasteiger partial charge in [0.25, 0.3) is 11.1 Å². The van der Waals surface area contributed by atoms with E-state index in [1.54, 1.807) is 24.3 Å². The Kier molecular flexibility index (Phi) is 6.43. The first-order valence-electron chi connectivity index (χ1n) is 9.96. The van der Waals surface area contributed by atoms with Gasteiger partial charge in [-0.05, 0) is 40.7 Å². The summed E-state index contributed by atoms with van der Waals surface area (Å²) in [5.74, 6) is -0.741. The molecule has 0 spiro atoms. The molecule has 0 unspecified atom stereocenters. The van der Waals surface area contributed by atoms with Gasteiger partial charge >= 0.3 is 5.97 Å². The summed E-state index contributed by atoms with van der Waals surface area (Å²) in [7, 11) is 1.20. The Morgan fingerprint density at radius 3 is 2.64 bits per heavy atom. The van der Waals surface area contributed by atoms with Gasteiger partial charge in [-0.25, -0.2) is 0 Å². The average molecular weight is 458 g/mol. The van der Waals surface area contributed by atoms with Crippen molar-refractivity contribution < 1.29 is 23.9 Å². The number of ether oxygens (including phenoxy) is 2. The molecule has 1 saturated heterocycles. The topological polar surface area (TPSA) is 96.7 Å². The lowest BCUT2D eigenvalue weighted by molar-refractivity contribution is -0.143. The van der Waals surface area contributed by atoms with Gasteiger partial charge < -0.3 is 9.47 Å². The maximum Gasteiger partial charge on any atom is 0.325 e. The fraction of sp³-hybridized carbons (Fsp3) is 0.120. The van der Waals surface area contributed by atoms with E-state index < -0.39 is 23.7 Å². The van der Waals surface area contributed by atoms with Crippen molar-refractivity contribution in [3.05, 3.63) is 82.3 Å². The lowest BCUT2D eigenvalue weighted by Gasteiger charge is -2.13. The van der Waals surface area contributed by atoms with E-state index in [0.717, 1.165) is 33.0 Å². The monoisotopic (exact) mass is 458 g/mol. The third-order valence-corrected chi connectivity index (χ3v) is 6.02. The van der Waals surface area contributed by atoms with Crippen LogP contribution < -0.4 is 4.74 Å². The Morgan fingerprint density at radius 1 is 1.09 bits per heavy atom. The Balaban J connectivity index is 1.72. The summed E-state index contributed by atoms with van der Waals surface area (Å²) in [4.78, 5) is 37.8. The minimum Gasteiger partial charge on any atom is -0.488 e. The summed E-state index contributed by atoms with van der Waals surface area (Å²) in [5.41, 5.74) is 1.88. The normalized spacial score (nSPS) is 14.5. The molecule has 0 radical (unpaired) electrons. The number of imide groups is 1. The maximum atomic E-state index is 12.8. The standard InChI is InChI=1S/C25H18N2O5S/c1-31-23(28)14-27-24(29)22(33-25(27)30)12-20-19-9-5-4-6-16(19)10-11-21(20)32-15-18-8-3-2-7-17(18)13-26/h2-12H,14-15H2,1H3/b22-12-. The van der Waals surface area contributed by atoms with Crippen LogP contribution in [-0.4, -0.2) is 35.7 Å². The van der Waals surface area contributed by atoms with Crippen molar-refractivity contribution in [3.8, 4) is 11.8 Å². The molecule has 7 nitrogen and oxygen atoms in total. The number of benzene rings is 3. The Labute approximate surface area is 194 Å². The zero-order chi connectivity index (χ0) is 23.4. The van der Waals surface area contributed by atoms with Crippen LogP contribution in [0.25, 0.3) is 16.8 Å². The van der Waals surface area contributed by atoms with Crippen molar-refractivity contribution in [2.75, 3.05) is 13.7 Å². The number of amides is 2. The number of carbonyl (C=O) groups is 3. The molecule has 0 bridgehead atoms. The van der Waals surface area contributed by atoms with Crippen LogP contribution in [0, 0.1) is 11.3 Å². The fourth-order valence-electron chi connectivity index (χ4n) is 3.42. The number of hydrogen-bond donors (Lipinski definition) is 0. The van der Waals surface area contributed by atoms with Crippen LogP contribution in [0.15, 0.2) is 65.6 Å². The van der Waals surface area contributed by atoms with Gasteiger partial charge in [0, 0.05) is 11.1 Å². The van der Waals surface area contributed by atoms with Crippen LogP contribution in [0.3, 0.4) is 0 Å². The van der Waals surface area contributed by atoms with Crippen LogP contribution in [0.5, 0.6) is 5.75 Å². The molecule has 8 heteroatoms. The van der Waals surface area contributed by atoms with E-state index in [1.807, 2.05) is 42.5 Å². The van der Waals surface area contributed by atoms with E-state index in [1.165, 1.54) is 7.11 Å². The largest absolute Gasteiger partial charge is 0.488 e. The number of fused-ring (bicyclic) bond motifs is 1. The quantitative estimate of drug-likeness (QED) is 0.396. The zero-order valence-corrected chi connectivity index (χ0v) is 18.4. The molecule has 1 fully saturated rings. The van der Waals surface area contributed by atoms with Crippen molar-refractivity contribution in [2.45, 2.75) is 6.61 Å². The second kappa shape index (κ2) is 9.59. The van der Waals surface area contributed by atoms with Crippen LogP contribution in [0.1, 0.15) is 16.7 Å². The molecule has 164 valence electrons. The van der Waals surface area contributed by atoms with Gasteiger partial charge in [0.2, 0.25) is 0 Å². The highest BCUT2D eigenvalue weighted by atomic mass is 32.2. The number of nitrogens with zero attached hydrogens (tertiary/aromatic N) is 2. The number of esters is 1. The molecule has 33 heavy (non-hydrogen) atoms. The SMILES string of the molecule is COC(=O)CN1C(=O)S/C(=C\c2c(OCc3ccccc3C#N)ccc3ccccc23)C1=O. The second-order valence-corrected chi connectivity index (χ2v) is 8.09. The molecule has 4 rings (SSSR count). The van der Waals surface area contributed by atoms with Gasteiger partial charge in [0.1, 0.15) is 18.9 Å². The van der Waals surface area contributed by atoms with Crippen LogP contribution in [0.2, 0.25) is 0 Å². The Hall–Kier alpha value is -4.09. The van der Waals surface area contributed by atoms with Crippen LogP contribution in [-0.2, 0) is 20.9 Å². The molecule has 0 aromatic heterocycles. The first kappa shape index (κ1) is 22.1. The van der Waals surface area contributed by atoms with Gasteiger partial charge in [-0.2, -0.15) is 5.26 Å². The highest BCUT2D eigenvalue weighted by molar-refractivity contribution is 8.18. The fourth-order valence-corrected chi connectivity index (χ4v) is 4.24. The zero-order valence-electron chi connectivity index (χ0n) is 17.6. The smallest absolute Gasteiger partial charge is 0.325 e. The van der Waals surface area contributed by atoms with Gasteiger partial charge in [-0.3, -0.25) is 19.3 Å². The van der Waals surface area contributed by atoms with E-state index in [9.17, 15) is 19.6 Å². The highest BCUT2D eigenvalue weighted by Gasteiger charge is 2.36. The van der Waals surface area contributed by atoms with Crippen molar-refractivity contribution in [2.24, 2.45) is 0 Å². The van der Waals surface area contributed by atoms with Crippen LogP contribution >= 0.6 is 11.8 Å². The van der Waals surface area contributed by atoms with E-state index in [-0.39, 0.29) is 11.5 Å². The number of methoxy groups -OCH3 is 1. The number of thioether (sulfide) groups is 1.